The predicted octanol–water partition coefficient (Wildman–Crippen LogP) is 4.39. The fraction of sp³-hybridized carbons (Fsp3) is 0.107. The van der Waals surface area contributed by atoms with Gasteiger partial charge in [-0.25, -0.2) is 17.4 Å². The number of nitrogens with one attached hydrogen (secondary N) is 3. The molecule has 0 radical (unpaired) electrons. The van der Waals surface area contributed by atoms with Crippen molar-refractivity contribution < 1.29 is 36.7 Å². The molecule has 1 atom stereocenters. The third kappa shape index (κ3) is 7.20. The van der Waals surface area contributed by atoms with Gasteiger partial charge in [-0.2, -0.15) is 9.98 Å². The van der Waals surface area contributed by atoms with Crippen LogP contribution in [0, 0.1) is 17.1 Å². The van der Waals surface area contributed by atoms with Crippen molar-refractivity contribution in [3.63, 3.8) is 0 Å². The van der Waals surface area contributed by atoms with E-state index in [0.29, 0.717) is 27.8 Å². The Bertz CT molecular complexity index is 2100. The van der Waals surface area contributed by atoms with E-state index >= 15 is 0 Å². The van der Waals surface area contributed by atoms with Gasteiger partial charge in [-0.3, -0.25) is 9.78 Å². The Morgan fingerprint density at radius 1 is 1.14 bits per heavy atom. The minimum atomic E-state index is -4.58. The van der Waals surface area contributed by atoms with Crippen LogP contribution in [0.3, 0.4) is 0 Å². The first kappa shape index (κ1) is 31.0. The van der Waals surface area contributed by atoms with E-state index in [1.54, 1.807) is 48.7 Å². The normalized spacial score (nSPS) is 12.9. The number of pyridine rings is 1. The molecule has 3 aromatic carbocycles. The number of hydrogen-bond acceptors (Lipinski definition) is 10. The molecule has 226 valence electrons. The minimum Gasteiger partial charge on any atom is -0.506 e. The van der Waals surface area contributed by atoms with Gasteiger partial charge in [-0.1, -0.05) is 12.1 Å². The molecule has 44 heavy (non-hydrogen) atoms. The molecule has 0 saturated heterocycles. The van der Waals surface area contributed by atoms with E-state index in [1.165, 1.54) is 6.07 Å². The number of aromatic hydroxyl groups is 1. The summed E-state index contributed by atoms with van der Waals surface area (Å²) in [5.41, 5.74) is 1.47. The zero-order valence-corrected chi connectivity index (χ0v) is 25.0. The molecular weight excluding hydrogens is 632 g/mol. The highest BCUT2D eigenvalue weighted by molar-refractivity contribution is 7.92. The van der Waals surface area contributed by atoms with Gasteiger partial charge in [0, 0.05) is 34.6 Å². The number of sulfonamides is 1. The molecule has 5 aromatic rings. The van der Waals surface area contributed by atoms with Crippen LogP contribution in [0.5, 0.6) is 11.5 Å². The summed E-state index contributed by atoms with van der Waals surface area (Å²) in [6.45, 7) is 0.329. The van der Waals surface area contributed by atoms with Crippen LogP contribution in [0.2, 0.25) is 0 Å². The zero-order chi connectivity index (χ0) is 31.5. The summed E-state index contributed by atoms with van der Waals surface area (Å²) in [5, 5.41) is 25.9. The summed E-state index contributed by atoms with van der Waals surface area (Å²) in [7, 11) is -8.82. The fourth-order valence-corrected chi connectivity index (χ4v) is 8.12. The molecule has 5 N–H and O–H groups in total. The number of fused-ring (bicyclic) bond motifs is 2. The van der Waals surface area contributed by atoms with Crippen LogP contribution in [0.15, 0.2) is 77.1 Å². The lowest BCUT2D eigenvalue weighted by atomic mass is 10.1. The fourth-order valence-electron chi connectivity index (χ4n) is 4.19. The lowest BCUT2D eigenvalue weighted by molar-refractivity contribution is -0.115. The molecule has 12 nitrogen and oxygen atoms in total. The first-order valence-electron chi connectivity index (χ1n) is 12.7. The maximum absolute atomic E-state index is 13.8. The number of phenolic OH excluding ortho intramolecular Hbond substituents is 1. The number of amides is 1. The molecule has 0 spiro atoms. The number of phenols is 1. The summed E-state index contributed by atoms with van der Waals surface area (Å²) >= 11 is 0.915. The first-order valence-corrected chi connectivity index (χ1v) is 16.8. The largest absolute Gasteiger partial charge is 0.506 e. The van der Waals surface area contributed by atoms with E-state index in [-0.39, 0.29) is 33.7 Å². The van der Waals surface area contributed by atoms with Crippen molar-refractivity contribution in [3.05, 3.63) is 89.9 Å². The highest BCUT2D eigenvalue weighted by atomic mass is 32.2. The van der Waals surface area contributed by atoms with Crippen LogP contribution in [-0.2, 0) is 25.9 Å². The number of carbonyl (C=O) groups is 1. The third-order valence-electron chi connectivity index (χ3n) is 6.25. The summed E-state index contributed by atoms with van der Waals surface area (Å²) in [5.74, 6) is -1.57. The average Bonchev–Trinajstić information content (AvgIpc) is 3.42. The highest BCUT2D eigenvalue weighted by Gasteiger charge is 2.27. The zero-order valence-electron chi connectivity index (χ0n) is 22.5. The highest BCUT2D eigenvalue weighted by Crippen LogP contribution is 2.42. The lowest BCUT2D eigenvalue weighted by Crippen LogP contribution is -2.27. The van der Waals surface area contributed by atoms with Crippen molar-refractivity contribution in [2.24, 2.45) is 0 Å². The van der Waals surface area contributed by atoms with Crippen LogP contribution >= 0.6 is 18.9 Å². The molecule has 0 aliphatic carbocycles. The molecule has 5 rings (SSSR count). The topological polar surface area (TPSA) is 191 Å². The summed E-state index contributed by atoms with van der Waals surface area (Å²) < 4.78 is 59.3. The van der Waals surface area contributed by atoms with Gasteiger partial charge in [0.25, 0.3) is 10.0 Å². The molecule has 1 amide bonds. The number of nitriles is 1. The van der Waals surface area contributed by atoms with Crippen LogP contribution < -0.4 is 19.9 Å². The molecule has 1 unspecified atom stereocenters. The first-order chi connectivity index (χ1) is 20.9. The van der Waals surface area contributed by atoms with Crippen LogP contribution in [-0.4, -0.2) is 42.1 Å². The molecule has 2 heterocycles. The minimum absolute atomic E-state index is 0.0216. The molecular formula is C28H23FN5O7PS2. The van der Waals surface area contributed by atoms with Gasteiger partial charge in [0.15, 0.2) is 0 Å². The molecule has 16 heteroatoms. The van der Waals surface area contributed by atoms with Gasteiger partial charge in [0.1, 0.15) is 39.4 Å². The Labute approximate surface area is 254 Å². The number of nitrogens with zero attached hydrogens (tertiary/aromatic N) is 2. The number of anilines is 1. The Kier molecular flexibility index (Phi) is 8.93. The second-order valence-electron chi connectivity index (χ2n) is 9.40. The van der Waals surface area contributed by atoms with Crippen molar-refractivity contribution in [1.82, 2.24) is 15.0 Å². The Morgan fingerprint density at radius 2 is 1.95 bits per heavy atom. The third-order valence-corrected chi connectivity index (χ3v) is 10.5. The van der Waals surface area contributed by atoms with Gasteiger partial charge < -0.3 is 25.2 Å². The maximum atomic E-state index is 13.8. The molecule has 0 fully saturated rings. The van der Waals surface area contributed by atoms with Crippen molar-refractivity contribution in [2.45, 2.75) is 10.8 Å². The second kappa shape index (κ2) is 12.7. The number of thiophene rings is 1. The van der Waals surface area contributed by atoms with Crippen molar-refractivity contribution >= 4 is 61.5 Å². The van der Waals surface area contributed by atoms with Gasteiger partial charge in [0.2, 0.25) is 5.91 Å². The van der Waals surface area contributed by atoms with E-state index in [1.807, 2.05) is 10.8 Å². The number of hydrogen-bond donors (Lipinski definition) is 5. The molecule has 0 aliphatic heterocycles. The van der Waals surface area contributed by atoms with E-state index < -0.39 is 29.7 Å². The van der Waals surface area contributed by atoms with Crippen LogP contribution in [0.4, 0.5) is 10.1 Å². The van der Waals surface area contributed by atoms with Crippen molar-refractivity contribution in [2.75, 3.05) is 18.1 Å². The molecule has 0 saturated carbocycles. The number of halogens is 1. The summed E-state index contributed by atoms with van der Waals surface area (Å²) in [4.78, 5) is 26.8. The number of carbonyl (C=O) groups excluding carboxylic acids is 1. The van der Waals surface area contributed by atoms with Gasteiger partial charge in [-0.05, 0) is 59.5 Å². The van der Waals surface area contributed by atoms with E-state index in [4.69, 9.17) is 9.79 Å². The number of benzene rings is 3. The maximum Gasteiger partial charge on any atom is 0.391 e. The standard InChI is InChI=1S/C28H23FN5O7PS2/c29-23-12-21(6-3-17(23)13-30)41-42(37,38)16-33-44(39,40)27-11-19-10-20(5-8-25(19)43-27)34-26(36)15-31-14-18-4-7-24(35)28-22(18)2-1-9-32-28/h1-12,31,33,35H,14-16H2,(H,34,36)(H,37,38). The average molecular weight is 656 g/mol. The monoisotopic (exact) mass is 655 g/mol. The predicted molar refractivity (Wildman–Crippen MR) is 162 cm³/mol. The van der Waals surface area contributed by atoms with E-state index in [2.05, 4.69) is 15.6 Å². The van der Waals surface area contributed by atoms with Crippen molar-refractivity contribution in [3.8, 4) is 17.6 Å². The summed E-state index contributed by atoms with van der Waals surface area (Å²) in [6.07, 6.45) is 0.593. The van der Waals surface area contributed by atoms with Crippen LogP contribution in [0.25, 0.3) is 21.0 Å². The van der Waals surface area contributed by atoms with E-state index in [0.717, 1.165) is 40.5 Å². The second-order valence-corrected chi connectivity index (χ2v) is 14.3. The Morgan fingerprint density at radius 3 is 2.73 bits per heavy atom. The van der Waals surface area contributed by atoms with Crippen molar-refractivity contribution in [1.29, 1.82) is 5.26 Å². The Balaban J connectivity index is 1.18. The van der Waals surface area contributed by atoms with Gasteiger partial charge in [0.05, 0.1) is 12.1 Å². The quantitative estimate of drug-likeness (QED) is 0.128. The van der Waals surface area contributed by atoms with Gasteiger partial charge in [-0.15, -0.1) is 11.3 Å². The molecule has 2 aromatic heterocycles. The number of rotatable bonds is 11. The summed E-state index contributed by atoms with van der Waals surface area (Å²) in [6, 6.07) is 17.6. The molecule has 0 bridgehead atoms. The van der Waals surface area contributed by atoms with Gasteiger partial charge >= 0.3 is 7.60 Å². The Hall–Kier alpha value is -4.42. The number of aromatic nitrogens is 1. The lowest BCUT2D eigenvalue weighted by Gasteiger charge is -2.14. The smallest absolute Gasteiger partial charge is 0.391 e. The SMILES string of the molecule is N#Cc1ccc(OP(=O)(O)CNS(=O)(=O)c2cc3cc(NC(=O)CNCc4ccc(O)c5ncccc45)ccc3s2)cc1F. The molecule has 0 aliphatic rings. The van der Waals surface area contributed by atoms with E-state index in [9.17, 15) is 32.2 Å². The van der Waals surface area contributed by atoms with Crippen LogP contribution in [0.1, 0.15) is 11.1 Å².